The molecule has 1 heterocycles. The molecule has 0 amide bonds. The van der Waals surface area contributed by atoms with Crippen LogP contribution < -0.4 is 0 Å². The van der Waals surface area contributed by atoms with Crippen molar-refractivity contribution in [2.24, 2.45) is 11.8 Å². The zero-order valence-corrected chi connectivity index (χ0v) is 10.9. The Kier molecular flexibility index (Phi) is 3.91. The summed E-state index contributed by atoms with van der Waals surface area (Å²) in [5, 5.41) is 10.6. The number of rotatable bonds is 3. The van der Waals surface area contributed by atoms with E-state index in [4.69, 9.17) is 0 Å². The van der Waals surface area contributed by atoms with E-state index in [2.05, 4.69) is 18.7 Å². The van der Waals surface area contributed by atoms with E-state index in [1.54, 1.807) is 0 Å². The zero-order chi connectivity index (χ0) is 11.6. The predicted molar refractivity (Wildman–Crippen MR) is 67.4 cm³/mol. The van der Waals surface area contributed by atoms with Crippen LogP contribution in [0.15, 0.2) is 0 Å². The van der Waals surface area contributed by atoms with Crippen LogP contribution in [0.3, 0.4) is 0 Å². The second-order valence-corrected chi connectivity index (χ2v) is 6.28. The molecule has 0 aromatic carbocycles. The van der Waals surface area contributed by atoms with E-state index < -0.39 is 0 Å². The molecule has 94 valence electrons. The largest absolute Gasteiger partial charge is 0.390 e. The van der Waals surface area contributed by atoms with Gasteiger partial charge in [0.15, 0.2) is 0 Å². The van der Waals surface area contributed by atoms with E-state index >= 15 is 0 Å². The van der Waals surface area contributed by atoms with Gasteiger partial charge in [0.25, 0.3) is 0 Å². The minimum atomic E-state index is -0.299. The van der Waals surface area contributed by atoms with Crippen LogP contribution in [0, 0.1) is 11.8 Å². The molecule has 2 unspecified atom stereocenters. The van der Waals surface area contributed by atoms with Crippen molar-refractivity contribution >= 4 is 0 Å². The van der Waals surface area contributed by atoms with Gasteiger partial charge < -0.3 is 10.0 Å². The molecule has 0 aromatic rings. The summed E-state index contributed by atoms with van der Waals surface area (Å²) in [5.74, 6) is 1.36. The highest BCUT2D eigenvalue weighted by atomic mass is 16.3. The molecule has 1 aliphatic heterocycles. The van der Waals surface area contributed by atoms with Crippen LogP contribution >= 0.6 is 0 Å². The first-order chi connectivity index (χ1) is 7.60. The molecule has 2 atom stereocenters. The number of nitrogens with zero attached hydrogens (tertiary/aromatic N) is 1. The van der Waals surface area contributed by atoms with Crippen LogP contribution in [0.4, 0.5) is 0 Å². The second kappa shape index (κ2) is 5.05. The molecule has 0 spiro atoms. The highest BCUT2D eigenvalue weighted by Gasteiger charge is 2.42. The van der Waals surface area contributed by atoms with Crippen LogP contribution in [0.2, 0.25) is 0 Å². The van der Waals surface area contributed by atoms with Crippen molar-refractivity contribution in [2.45, 2.75) is 58.0 Å². The van der Waals surface area contributed by atoms with Crippen molar-refractivity contribution in [3.63, 3.8) is 0 Å². The molecular formula is C14H27NO. The maximum absolute atomic E-state index is 10.6. The molecule has 0 radical (unpaired) electrons. The standard InChI is InChI=1S/C14H27NO/c1-12(2)6-9-15-10-8-14(16)7-4-3-5-13(14)11-15/h12-13,16H,3-11H2,1-2H3. The number of piperidine rings is 1. The lowest BCUT2D eigenvalue weighted by atomic mass is 9.71. The Bertz CT molecular complexity index is 229. The molecule has 1 saturated heterocycles. The fraction of sp³-hybridized carbons (Fsp3) is 1.00. The van der Waals surface area contributed by atoms with Crippen LogP contribution in [0.25, 0.3) is 0 Å². The van der Waals surface area contributed by atoms with Gasteiger partial charge in [-0.3, -0.25) is 0 Å². The normalized spacial score (nSPS) is 36.4. The topological polar surface area (TPSA) is 23.5 Å². The van der Waals surface area contributed by atoms with E-state index in [-0.39, 0.29) is 5.60 Å². The highest BCUT2D eigenvalue weighted by Crippen LogP contribution is 2.39. The first-order valence-corrected chi connectivity index (χ1v) is 7.05. The van der Waals surface area contributed by atoms with Crippen LogP contribution in [-0.2, 0) is 0 Å². The minimum Gasteiger partial charge on any atom is -0.390 e. The zero-order valence-electron chi connectivity index (χ0n) is 10.9. The highest BCUT2D eigenvalue weighted by molar-refractivity contribution is 4.95. The number of hydrogen-bond donors (Lipinski definition) is 1. The maximum Gasteiger partial charge on any atom is 0.0700 e. The third kappa shape index (κ3) is 2.78. The molecule has 2 heteroatoms. The molecule has 1 N–H and O–H groups in total. The third-order valence-corrected chi connectivity index (χ3v) is 4.53. The average molecular weight is 225 g/mol. The van der Waals surface area contributed by atoms with Crippen molar-refractivity contribution in [2.75, 3.05) is 19.6 Å². The summed E-state index contributed by atoms with van der Waals surface area (Å²) in [6, 6.07) is 0. The molecule has 0 aromatic heterocycles. The molecule has 2 fully saturated rings. The lowest BCUT2D eigenvalue weighted by Crippen LogP contribution is -2.53. The predicted octanol–water partition coefficient (Wildman–Crippen LogP) is 2.66. The molecule has 2 nitrogen and oxygen atoms in total. The van der Waals surface area contributed by atoms with E-state index in [1.807, 2.05) is 0 Å². The van der Waals surface area contributed by atoms with Crippen molar-refractivity contribution in [1.82, 2.24) is 4.90 Å². The van der Waals surface area contributed by atoms with Gasteiger partial charge in [0, 0.05) is 19.0 Å². The fourth-order valence-corrected chi connectivity index (χ4v) is 3.28. The van der Waals surface area contributed by atoms with Gasteiger partial charge in [0.05, 0.1) is 5.60 Å². The quantitative estimate of drug-likeness (QED) is 0.798. The van der Waals surface area contributed by atoms with E-state index in [1.165, 1.54) is 32.2 Å². The number of fused-ring (bicyclic) bond motifs is 1. The van der Waals surface area contributed by atoms with Crippen molar-refractivity contribution < 1.29 is 5.11 Å². The van der Waals surface area contributed by atoms with Gasteiger partial charge in [-0.2, -0.15) is 0 Å². The smallest absolute Gasteiger partial charge is 0.0700 e. The van der Waals surface area contributed by atoms with Gasteiger partial charge in [0.1, 0.15) is 0 Å². The van der Waals surface area contributed by atoms with Crippen LogP contribution in [0.1, 0.15) is 52.4 Å². The molecule has 2 aliphatic rings. The molecule has 1 aliphatic carbocycles. The minimum absolute atomic E-state index is 0.299. The Balaban J connectivity index is 1.84. The number of hydrogen-bond acceptors (Lipinski definition) is 2. The lowest BCUT2D eigenvalue weighted by Gasteiger charge is -2.47. The van der Waals surface area contributed by atoms with Crippen molar-refractivity contribution in [3.05, 3.63) is 0 Å². The molecule has 2 rings (SSSR count). The summed E-state index contributed by atoms with van der Waals surface area (Å²) in [6.45, 7) is 8.06. The van der Waals surface area contributed by atoms with Crippen molar-refractivity contribution in [3.8, 4) is 0 Å². The van der Waals surface area contributed by atoms with Gasteiger partial charge in [-0.1, -0.05) is 26.7 Å². The third-order valence-electron chi connectivity index (χ3n) is 4.53. The van der Waals surface area contributed by atoms with Gasteiger partial charge in [0.2, 0.25) is 0 Å². The van der Waals surface area contributed by atoms with E-state index in [0.717, 1.165) is 31.8 Å². The summed E-state index contributed by atoms with van der Waals surface area (Å²) in [4.78, 5) is 2.57. The van der Waals surface area contributed by atoms with Gasteiger partial charge in [-0.25, -0.2) is 0 Å². The summed E-state index contributed by atoms with van der Waals surface area (Å²) >= 11 is 0. The molecule has 16 heavy (non-hydrogen) atoms. The second-order valence-electron chi connectivity index (χ2n) is 6.28. The van der Waals surface area contributed by atoms with E-state index in [9.17, 15) is 5.11 Å². The van der Waals surface area contributed by atoms with Gasteiger partial charge in [-0.05, 0) is 38.1 Å². The summed E-state index contributed by atoms with van der Waals surface area (Å²) in [6.07, 6.45) is 7.16. The van der Waals surface area contributed by atoms with Gasteiger partial charge >= 0.3 is 0 Å². The average Bonchev–Trinajstić information content (AvgIpc) is 2.26. The summed E-state index contributed by atoms with van der Waals surface area (Å²) in [7, 11) is 0. The molecular weight excluding hydrogens is 198 g/mol. The Morgan fingerprint density at radius 3 is 2.88 bits per heavy atom. The Hall–Kier alpha value is -0.0800. The fourth-order valence-electron chi connectivity index (χ4n) is 3.28. The van der Waals surface area contributed by atoms with Gasteiger partial charge in [-0.15, -0.1) is 0 Å². The molecule has 0 bridgehead atoms. The summed E-state index contributed by atoms with van der Waals surface area (Å²) < 4.78 is 0. The SMILES string of the molecule is CC(C)CCN1CCC2(O)CCCCC2C1. The Labute approximate surface area is 100 Å². The lowest BCUT2D eigenvalue weighted by molar-refractivity contribution is -0.0956. The Morgan fingerprint density at radius 1 is 1.31 bits per heavy atom. The first-order valence-electron chi connectivity index (χ1n) is 7.05. The molecule has 1 saturated carbocycles. The Morgan fingerprint density at radius 2 is 2.12 bits per heavy atom. The van der Waals surface area contributed by atoms with Crippen LogP contribution in [0.5, 0.6) is 0 Å². The maximum atomic E-state index is 10.6. The number of aliphatic hydroxyl groups is 1. The summed E-state index contributed by atoms with van der Waals surface area (Å²) in [5.41, 5.74) is -0.299. The van der Waals surface area contributed by atoms with Crippen molar-refractivity contribution in [1.29, 1.82) is 0 Å². The number of likely N-dealkylation sites (tertiary alicyclic amines) is 1. The first kappa shape index (κ1) is 12.4. The van der Waals surface area contributed by atoms with Crippen LogP contribution in [-0.4, -0.2) is 35.2 Å². The monoisotopic (exact) mass is 225 g/mol. The van der Waals surface area contributed by atoms with E-state index in [0.29, 0.717) is 5.92 Å².